The van der Waals surface area contributed by atoms with Crippen LogP contribution in [0.5, 0.6) is 5.75 Å². The van der Waals surface area contributed by atoms with Crippen molar-refractivity contribution in [3.8, 4) is 5.75 Å². The van der Waals surface area contributed by atoms with Gasteiger partial charge in [-0.05, 0) is 70.7 Å². The first-order valence-electron chi connectivity index (χ1n) is 9.14. The molecule has 140 valence electrons. The molecular formula is C20H32N2O3. The Kier molecular flexibility index (Phi) is 6.71. The summed E-state index contributed by atoms with van der Waals surface area (Å²) in [5.74, 6) is 1.48. The zero-order valence-electron chi connectivity index (χ0n) is 16.2. The van der Waals surface area contributed by atoms with Gasteiger partial charge in [0.05, 0.1) is 7.11 Å². The molecule has 1 saturated heterocycles. The third kappa shape index (κ3) is 6.24. The van der Waals surface area contributed by atoms with Crippen molar-refractivity contribution in [2.45, 2.75) is 52.2 Å². The summed E-state index contributed by atoms with van der Waals surface area (Å²) >= 11 is 0. The quantitative estimate of drug-likeness (QED) is 0.874. The Labute approximate surface area is 151 Å². The number of hydrogen-bond acceptors (Lipinski definition) is 4. The minimum absolute atomic E-state index is 0.191. The molecule has 0 unspecified atom stereocenters. The lowest BCUT2D eigenvalue weighted by molar-refractivity contribution is 0.0183. The molecule has 0 spiro atoms. The predicted octanol–water partition coefficient (Wildman–Crippen LogP) is 3.99. The number of carbonyl (C=O) groups excluding carboxylic acids is 1. The summed E-state index contributed by atoms with van der Waals surface area (Å²) < 4.78 is 10.7. The second-order valence-corrected chi connectivity index (χ2v) is 7.82. The fourth-order valence-corrected chi connectivity index (χ4v) is 3.02. The van der Waals surface area contributed by atoms with E-state index >= 15 is 0 Å². The summed E-state index contributed by atoms with van der Waals surface area (Å²) in [6, 6.07) is 8.45. The van der Waals surface area contributed by atoms with Crippen LogP contribution in [0, 0.1) is 5.92 Å². The van der Waals surface area contributed by atoms with Gasteiger partial charge in [-0.3, -0.25) is 0 Å². The lowest BCUT2D eigenvalue weighted by Crippen LogP contribution is -2.43. The lowest BCUT2D eigenvalue weighted by Gasteiger charge is -2.34. The van der Waals surface area contributed by atoms with Crippen molar-refractivity contribution in [3.63, 3.8) is 0 Å². The highest BCUT2D eigenvalue weighted by atomic mass is 16.6. The van der Waals surface area contributed by atoms with Gasteiger partial charge in [0.15, 0.2) is 0 Å². The van der Waals surface area contributed by atoms with E-state index in [2.05, 4.69) is 24.4 Å². The van der Waals surface area contributed by atoms with E-state index < -0.39 is 5.60 Å². The topological polar surface area (TPSA) is 50.8 Å². The monoisotopic (exact) mass is 348 g/mol. The minimum atomic E-state index is -0.429. The van der Waals surface area contributed by atoms with Gasteiger partial charge in [-0.15, -0.1) is 0 Å². The van der Waals surface area contributed by atoms with E-state index in [1.807, 2.05) is 37.8 Å². The highest BCUT2D eigenvalue weighted by Crippen LogP contribution is 2.22. The van der Waals surface area contributed by atoms with Crippen LogP contribution in [0.25, 0.3) is 0 Å². The number of nitrogens with one attached hydrogen (secondary N) is 1. The van der Waals surface area contributed by atoms with Gasteiger partial charge >= 0.3 is 6.09 Å². The van der Waals surface area contributed by atoms with E-state index in [1.165, 1.54) is 5.56 Å². The number of methoxy groups -OCH3 is 1. The van der Waals surface area contributed by atoms with E-state index in [1.54, 1.807) is 7.11 Å². The van der Waals surface area contributed by atoms with Crippen LogP contribution in [0.4, 0.5) is 4.79 Å². The minimum Gasteiger partial charge on any atom is -0.497 e. The van der Waals surface area contributed by atoms with Gasteiger partial charge in [-0.2, -0.15) is 0 Å². The van der Waals surface area contributed by atoms with E-state index in [-0.39, 0.29) is 12.1 Å². The van der Waals surface area contributed by atoms with Crippen molar-refractivity contribution in [2.24, 2.45) is 5.92 Å². The smallest absolute Gasteiger partial charge is 0.410 e. The van der Waals surface area contributed by atoms with E-state index in [4.69, 9.17) is 9.47 Å². The lowest BCUT2D eigenvalue weighted by atomic mass is 9.96. The maximum Gasteiger partial charge on any atom is 0.410 e. The normalized spacial score (nSPS) is 17.2. The van der Waals surface area contributed by atoms with Gasteiger partial charge < -0.3 is 19.7 Å². The SMILES string of the molecule is COc1cccc([C@H](C)NCC2CCN(C(=O)OC(C)(C)C)CC2)c1. The van der Waals surface area contributed by atoms with Crippen molar-refractivity contribution < 1.29 is 14.3 Å². The molecule has 0 aromatic heterocycles. The van der Waals surface area contributed by atoms with Crippen LogP contribution >= 0.6 is 0 Å². The highest BCUT2D eigenvalue weighted by Gasteiger charge is 2.26. The maximum absolute atomic E-state index is 12.1. The molecule has 1 aliphatic heterocycles. The Hall–Kier alpha value is -1.75. The first-order valence-corrected chi connectivity index (χ1v) is 9.14. The molecule has 1 heterocycles. The highest BCUT2D eigenvalue weighted by molar-refractivity contribution is 5.68. The van der Waals surface area contributed by atoms with Crippen molar-refractivity contribution in [1.29, 1.82) is 0 Å². The Morgan fingerprint density at radius 1 is 1.32 bits per heavy atom. The summed E-state index contributed by atoms with van der Waals surface area (Å²) in [6.07, 6.45) is 1.83. The first-order chi connectivity index (χ1) is 11.8. The Morgan fingerprint density at radius 2 is 2.00 bits per heavy atom. The number of ether oxygens (including phenoxy) is 2. The van der Waals surface area contributed by atoms with Gasteiger partial charge in [0.2, 0.25) is 0 Å². The number of piperidine rings is 1. The molecule has 0 radical (unpaired) electrons. The second kappa shape index (κ2) is 8.56. The summed E-state index contributed by atoms with van der Waals surface area (Å²) in [5, 5.41) is 3.61. The summed E-state index contributed by atoms with van der Waals surface area (Å²) in [5.41, 5.74) is 0.798. The van der Waals surface area contributed by atoms with Crippen LogP contribution in [0.3, 0.4) is 0 Å². The van der Waals surface area contributed by atoms with Gasteiger partial charge in [-0.1, -0.05) is 12.1 Å². The largest absolute Gasteiger partial charge is 0.497 e. The Bertz CT molecular complexity index is 560. The number of hydrogen-bond donors (Lipinski definition) is 1. The molecule has 1 atom stereocenters. The van der Waals surface area contributed by atoms with E-state index in [0.29, 0.717) is 5.92 Å². The van der Waals surface area contributed by atoms with Crippen LogP contribution in [0.2, 0.25) is 0 Å². The summed E-state index contributed by atoms with van der Waals surface area (Å²) in [7, 11) is 1.69. The number of likely N-dealkylation sites (tertiary alicyclic amines) is 1. The van der Waals surface area contributed by atoms with Crippen LogP contribution in [-0.4, -0.2) is 43.3 Å². The molecule has 25 heavy (non-hydrogen) atoms. The van der Waals surface area contributed by atoms with Crippen LogP contribution < -0.4 is 10.1 Å². The molecule has 2 rings (SSSR count). The molecule has 1 aromatic rings. The third-order valence-electron chi connectivity index (χ3n) is 4.57. The average molecular weight is 348 g/mol. The van der Waals surface area contributed by atoms with Crippen molar-refractivity contribution >= 4 is 6.09 Å². The third-order valence-corrected chi connectivity index (χ3v) is 4.57. The van der Waals surface area contributed by atoms with E-state index in [0.717, 1.165) is 38.2 Å². The first kappa shape index (κ1) is 19.6. The molecule has 5 nitrogen and oxygen atoms in total. The molecule has 1 aromatic carbocycles. The zero-order chi connectivity index (χ0) is 18.4. The second-order valence-electron chi connectivity index (χ2n) is 7.82. The molecule has 1 fully saturated rings. The number of amides is 1. The number of nitrogens with zero attached hydrogens (tertiary/aromatic N) is 1. The maximum atomic E-state index is 12.1. The summed E-state index contributed by atoms with van der Waals surface area (Å²) in [4.78, 5) is 13.9. The number of benzene rings is 1. The van der Waals surface area contributed by atoms with Gasteiger partial charge in [0.1, 0.15) is 11.4 Å². The molecular weight excluding hydrogens is 316 g/mol. The molecule has 1 N–H and O–H groups in total. The molecule has 0 aliphatic carbocycles. The number of carbonyl (C=O) groups is 1. The van der Waals surface area contributed by atoms with Gasteiger partial charge in [0.25, 0.3) is 0 Å². The standard InChI is InChI=1S/C20H32N2O3/c1-15(17-7-6-8-18(13-17)24-5)21-14-16-9-11-22(12-10-16)19(23)25-20(2,3)4/h6-8,13,15-16,21H,9-12,14H2,1-5H3/t15-/m0/s1. The summed E-state index contributed by atoms with van der Waals surface area (Å²) in [6.45, 7) is 10.4. The van der Waals surface area contributed by atoms with Crippen LogP contribution in [0.15, 0.2) is 24.3 Å². The van der Waals surface area contributed by atoms with Gasteiger partial charge in [0, 0.05) is 19.1 Å². The Balaban J connectivity index is 1.75. The van der Waals surface area contributed by atoms with Crippen molar-refractivity contribution in [1.82, 2.24) is 10.2 Å². The fraction of sp³-hybridized carbons (Fsp3) is 0.650. The van der Waals surface area contributed by atoms with Crippen molar-refractivity contribution in [3.05, 3.63) is 29.8 Å². The zero-order valence-corrected chi connectivity index (χ0v) is 16.2. The predicted molar refractivity (Wildman–Crippen MR) is 99.9 cm³/mol. The number of rotatable bonds is 5. The molecule has 0 saturated carbocycles. The van der Waals surface area contributed by atoms with Crippen molar-refractivity contribution in [2.75, 3.05) is 26.7 Å². The fourth-order valence-electron chi connectivity index (χ4n) is 3.02. The molecule has 1 aliphatic rings. The van der Waals surface area contributed by atoms with E-state index in [9.17, 15) is 4.79 Å². The molecule has 5 heteroatoms. The molecule has 1 amide bonds. The Morgan fingerprint density at radius 3 is 2.60 bits per heavy atom. The average Bonchev–Trinajstić information content (AvgIpc) is 2.58. The van der Waals surface area contributed by atoms with Crippen LogP contribution in [-0.2, 0) is 4.74 Å². The van der Waals surface area contributed by atoms with Crippen LogP contribution in [0.1, 0.15) is 52.1 Å². The molecule has 0 bridgehead atoms. The van der Waals surface area contributed by atoms with Gasteiger partial charge in [-0.25, -0.2) is 4.79 Å².